The minimum atomic E-state index is -0.453. The fourth-order valence-corrected chi connectivity index (χ4v) is 8.21. The smallest absolute Gasteiger partial charge is 0.139 e. The van der Waals surface area contributed by atoms with Crippen molar-refractivity contribution < 1.29 is 4.74 Å². The van der Waals surface area contributed by atoms with Gasteiger partial charge in [0.1, 0.15) is 11.5 Å². The fraction of sp³-hybridized carbons (Fsp3) is 0.0667. The van der Waals surface area contributed by atoms with Gasteiger partial charge in [-0.1, -0.05) is 164 Å². The van der Waals surface area contributed by atoms with E-state index in [1.165, 1.54) is 50.1 Å². The molecule has 1 heterocycles. The van der Waals surface area contributed by atoms with Gasteiger partial charge in [0.2, 0.25) is 0 Å². The topological polar surface area (TPSA) is 9.23 Å². The Bertz CT molecular complexity index is 2200. The van der Waals surface area contributed by atoms with Gasteiger partial charge in [-0.2, -0.15) is 0 Å². The Kier molecular flexibility index (Phi) is 5.92. The lowest BCUT2D eigenvalue weighted by molar-refractivity contribution is 0.429. The van der Waals surface area contributed by atoms with E-state index in [-0.39, 0.29) is 5.41 Å². The van der Waals surface area contributed by atoms with Crippen molar-refractivity contribution in [1.82, 2.24) is 0 Å². The van der Waals surface area contributed by atoms with E-state index in [4.69, 9.17) is 4.74 Å². The van der Waals surface area contributed by atoms with E-state index in [1.807, 2.05) is 0 Å². The number of ether oxygens (including phenoxy) is 1. The van der Waals surface area contributed by atoms with Gasteiger partial charge in [-0.15, -0.1) is 0 Å². The van der Waals surface area contributed by atoms with Crippen LogP contribution in [0.3, 0.4) is 0 Å². The summed E-state index contributed by atoms with van der Waals surface area (Å²) in [5.74, 6) is 1.83. The van der Waals surface area contributed by atoms with Crippen molar-refractivity contribution in [2.24, 2.45) is 0 Å². The second-order valence-corrected chi connectivity index (χ2v) is 12.6. The lowest BCUT2D eigenvalue weighted by Gasteiger charge is -2.39. The van der Waals surface area contributed by atoms with Crippen molar-refractivity contribution in [3.05, 3.63) is 215 Å². The zero-order valence-corrected chi connectivity index (χ0v) is 25.7. The van der Waals surface area contributed by atoms with Gasteiger partial charge in [0.15, 0.2) is 0 Å². The SMILES string of the molecule is CC1(c2ccccc2)c2ccccc2Oc2c(-c3cccc(C4(c5ccccc5)c5ccccc5-c5ccccc54)c3)cccc21. The molecule has 0 fully saturated rings. The summed E-state index contributed by atoms with van der Waals surface area (Å²) in [5.41, 5.74) is 12.8. The third-order valence-corrected chi connectivity index (χ3v) is 10.3. The van der Waals surface area contributed by atoms with Gasteiger partial charge in [-0.05, 0) is 63.6 Å². The van der Waals surface area contributed by atoms with E-state index in [2.05, 4.69) is 183 Å². The molecule has 0 aromatic heterocycles. The molecule has 0 spiro atoms. The molecule has 1 heteroatoms. The second-order valence-electron chi connectivity index (χ2n) is 12.6. The average Bonchev–Trinajstić information content (AvgIpc) is 3.43. The van der Waals surface area contributed by atoms with Gasteiger partial charge in [0.25, 0.3) is 0 Å². The van der Waals surface area contributed by atoms with Gasteiger partial charge >= 0.3 is 0 Å². The van der Waals surface area contributed by atoms with Crippen LogP contribution < -0.4 is 4.74 Å². The number of fused-ring (bicyclic) bond motifs is 5. The Morgan fingerprint density at radius 1 is 0.391 bits per heavy atom. The highest BCUT2D eigenvalue weighted by Crippen LogP contribution is 2.57. The first kappa shape index (κ1) is 26.7. The molecule has 46 heavy (non-hydrogen) atoms. The number of para-hydroxylation sites is 2. The maximum atomic E-state index is 6.87. The Morgan fingerprint density at radius 2 is 0.891 bits per heavy atom. The van der Waals surface area contributed by atoms with E-state index >= 15 is 0 Å². The Hall–Kier alpha value is -5.66. The Balaban J connectivity index is 1.30. The molecular formula is C45H32O. The zero-order chi connectivity index (χ0) is 30.7. The summed E-state index contributed by atoms with van der Waals surface area (Å²) < 4.78 is 6.87. The third kappa shape index (κ3) is 3.63. The normalized spacial score (nSPS) is 16.8. The van der Waals surface area contributed by atoms with E-state index in [1.54, 1.807) is 0 Å². The highest BCUT2D eigenvalue weighted by molar-refractivity contribution is 5.87. The van der Waals surface area contributed by atoms with Crippen molar-refractivity contribution in [2.75, 3.05) is 0 Å². The van der Waals surface area contributed by atoms with Gasteiger partial charge in [-0.3, -0.25) is 0 Å². The molecule has 0 saturated carbocycles. The van der Waals surface area contributed by atoms with E-state index < -0.39 is 5.41 Å². The van der Waals surface area contributed by atoms with E-state index in [0.717, 1.165) is 22.6 Å². The predicted octanol–water partition coefficient (Wildman–Crippen LogP) is 11.2. The summed E-state index contributed by atoms with van der Waals surface area (Å²) in [5, 5.41) is 0. The molecule has 0 N–H and O–H groups in total. The van der Waals surface area contributed by atoms with Crippen molar-refractivity contribution in [3.63, 3.8) is 0 Å². The molecule has 0 amide bonds. The molecule has 0 bridgehead atoms. The van der Waals surface area contributed by atoms with Crippen LogP contribution in [0.4, 0.5) is 0 Å². The number of hydrogen-bond acceptors (Lipinski definition) is 1. The average molecular weight is 589 g/mol. The molecular weight excluding hydrogens is 556 g/mol. The van der Waals surface area contributed by atoms with Crippen LogP contribution >= 0.6 is 0 Å². The first-order chi connectivity index (χ1) is 22.7. The van der Waals surface area contributed by atoms with E-state index in [9.17, 15) is 0 Å². The van der Waals surface area contributed by atoms with Crippen molar-refractivity contribution >= 4 is 0 Å². The van der Waals surface area contributed by atoms with Crippen LogP contribution in [-0.4, -0.2) is 0 Å². The van der Waals surface area contributed by atoms with Gasteiger partial charge < -0.3 is 4.74 Å². The quantitative estimate of drug-likeness (QED) is 0.199. The summed E-state index contributed by atoms with van der Waals surface area (Å²) in [7, 11) is 0. The lowest BCUT2D eigenvalue weighted by Crippen LogP contribution is -2.29. The molecule has 1 nitrogen and oxygen atoms in total. The molecule has 1 aliphatic heterocycles. The minimum absolute atomic E-state index is 0.367. The van der Waals surface area contributed by atoms with Crippen LogP contribution in [0, 0.1) is 0 Å². The fourth-order valence-electron chi connectivity index (χ4n) is 8.21. The number of benzene rings is 7. The monoisotopic (exact) mass is 588 g/mol. The van der Waals surface area contributed by atoms with Crippen LogP contribution in [-0.2, 0) is 10.8 Å². The van der Waals surface area contributed by atoms with Crippen LogP contribution in [0.25, 0.3) is 22.3 Å². The highest BCUT2D eigenvalue weighted by atomic mass is 16.5. The molecule has 218 valence electrons. The second kappa shape index (κ2) is 10.2. The molecule has 0 radical (unpaired) electrons. The molecule has 1 atom stereocenters. The Labute approximate surface area is 270 Å². The molecule has 7 aromatic carbocycles. The van der Waals surface area contributed by atoms with Crippen LogP contribution in [0.1, 0.15) is 45.9 Å². The summed E-state index contributed by atoms with van der Waals surface area (Å²) in [6.45, 7) is 2.33. The third-order valence-electron chi connectivity index (χ3n) is 10.3. The molecule has 1 unspecified atom stereocenters. The van der Waals surface area contributed by atoms with E-state index in [0.29, 0.717) is 0 Å². The molecule has 9 rings (SSSR count). The number of rotatable bonds is 4. The summed E-state index contributed by atoms with van der Waals surface area (Å²) in [6, 6.07) is 63.9. The first-order valence-corrected chi connectivity index (χ1v) is 16.0. The molecule has 7 aromatic rings. The lowest BCUT2D eigenvalue weighted by atomic mass is 9.67. The molecule has 0 saturated heterocycles. The van der Waals surface area contributed by atoms with Crippen molar-refractivity contribution in [1.29, 1.82) is 0 Å². The maximum Gasteiger partial charge on any atom is 0.139 e. The van der Waals surface area contributed by atoms with Crippen LogP contribution in [0.15, 0.2) is 176 Å². The van der Waals surface area contributed by atoms with Crippen LogP contribution in [0.2, 0.25) is 0 Å². The van der Waals surface area contributed by atoms with Crippen LogP contribution in [0.5, 0.6) is 11.5 Å². The van der Waals surface area contributed by atoms with Gasteiger partial charge in [-0.25, -0.2) is 0 Å². The molecule has 1 aliphatic carbocycles. The maximum absolute atomic E-state index is 6.87. The minimum Gasteiger partial charge on any atom is -0.456 e. The first-order valence-electron chi connectivity index (χ1n) is 16.0. The highest BCUT2D eigenvalue weighted by Gasteiger charge is 2.46. The van der Waals surface area contributed by atoms with Gasteiger partial charge in [0, 0.05) is 22.1 Å². The standard InChI is InChI=1S/C45H32O/c1-44(32-17-4-2-5-18-32)40-27-12-13-29-42(40)46-43-35(24-15-28-41(43)44)31-16-14-21-34(30-31)45(33-19-6-3-7-20-33)38-25-10-8-22-36(38)37-23-9-11-26-39(37)45/h2-30H,1H3. The number of hydrogen-bond donors (Lipinski definition) is 0. The molecule has 2 aliphatic rings. The summed E-state index contributed by atoms with van der Waals surface area (Å²) in [6.07, 6.45) is 0. The largest absolute Gasteiger partial charge is 0.456 e. The van der Waals surface area contributed by atoms with Crippen molar-refractivity contribution in [3.8, 4) is 33.8 Å². The predicted molar refractivity (Wildman–Crippen MR) is 188 cm³/mol. The van der Waals surface area contributed by atoms with Crippen molar-refractivity contribution in [2.45, 2.75) is 17.8 Å². The summed E-state index contributed by atoms with van der Waals surface area (Å²) >= 11 is 0. The summed E-state index contributed by atoms with van der Waals surface area (Å²) in [4.78, 5) is 0. The Morgan fingerprint density at radius 3 is 1.59 bits per heavy atom. The zero-order valence-electron chi connectivity index (χ0n) is 25.7. The van der Waals surface area contributed by atoms with Gasteiger partial charge in [0.05, 0.1) is 5.41 Å².